The summed E-state index contributed by atoms with van der Waals surface area (Å²) in [6.45, 7) is 5.87. The van der Waals surface area contributed by atoms with Gasteiger partial charge in [-0.05, 0) is 61.1 Å². The highest BCUT2D eigenvalue weighted by molar-refractivity contribution is 6.30. The summed E-state index contributed by atoms with van der Waals surface area (Å²) in [6, 6.07) is 14.8. The zero-order chi connectivity index (χ0) is 24.3. The molecule has 1 aliphatic heterocycles. The Labute approximate surface area is 205 Å². The van der Waals surface area contributed by atoms with E-state index in [0.29, 0.717) is 16.5 Å². The van der Waals surface area contributed by atoms with Gasteiger partial charge < -0.3 is 15.1 Å². The van der Waals surface area contributed by atoms with Gasteiger partial charge in [0.25, 0.3) is 0 Å². The second-order valence-electron chi connectivity index (χ2n) is 9.16. The number of amides is 1. The van der Waals surface area contributed by atoms with Gasteiger partial charge in [-0.25, -0.2) is 4.79 Å². The number of aliphatic hydroxyl groups excluding tert-OH is 1. The molecule has 0 aliphatic carbocycles. The topological polar surface area (TPSA) is 77.8 Å². The normalized spacial score (nSPS) is 24.2. The fourth-order valence-electron chi connectivity index (χ4n) is 5.17. The molecule has 2 N–H and O–H groups in total. The van der Waals surface area contributed by atoms with Crippen LogP contribution in [0.25, 0.3) is 0 Å². The van der Waals surface area contributed by atoms with Crippen molar-refractivity contribution < 1.29 is 19.8 Å². The van der Waals surface area contributed by atoms with E-state index in [1.165, 1.54) is 0 Å². The van der Waals surface area contributed by atoms with Gasteiger partial charge in [0.05, 0.1) is 11.5 Å². The number of nitrogens with zero attached hydrogens (tertiary/aromatic N) is 1. The maximum atomic E-state index is 14.0. The SMILES string of the molecule is CCC(CC)N1C(=O)[C@@](C)(CC(O)C(=O)O)C[C@H](c2cccc(Cl)c2)C1c1ccc(Cl)cc1. The summed E-state index contributed by atoms with van der Waals surface area (Å²) in [5, 5.41) is 20.8. The van der Waals surface area contributed by atoms with E-state index < -0.39 is 17.5 Å². The lowest BCUT2D eigenvalue weighted by atomic mass is 9.66. The molecule has 1 saturated heterocycles. The van der Waals surface area contributed by atoms with Gasteiger partial charge in [0.2, 0.25) is 5.91 Å². The van der Waals surface area contributed by atoms with Crippen molar-refractivity contribution in [3.63, 3.8) is 0 Å². The number of aliphatic hydroxyl groups is 1. The Kier molecular flexibility index (Phi) is 8.09. The number of carbonyl (C=O) groups is 2. The van der Waals surface area contributed by atoms with Crippen molar-refractivity contribution in [3.05, 3.63) is 69.7 Å². The van der Waals surface area contributed by atoms with Gasteiger partial charge in [-0.15, -0.1) is 0 Å². The van der Waals surface area contributed by atoms with Crippen LogP contribution in [-0.4, -0.2) is 39.1 Å². The Morgan fingerprint density at radius 1 is 1.09 bits per heavy atom. The van der Waals surface area contributed by atoms with Crippen molar-refractivity contribution in [2.45, 2.75) is 70.6 Å². The summed E-state index contributed by atoms with van der Waals surface area (Å²) >= 11 is 12.5. The number of rotatable bonds is 8. The van der Waals surface area contributed by atoms with Crippen LogP contribution in [0.4, 0.5) is 0 Å². The molecule has 1 aliphatic rings. The molecule has 2 unspecified atom stereocenters. The number of carboxylic acid groups (broad SMARTS) is 1. The minimum absolute atomic E-state index is 0.0403. The number of piperidine rings is 1. The lowest BCUT2D eigenvalue weighted by Gasteiger charge is -2.52. The molecule has 1 heterocycles. The molecular weight excluding hydrogens is 461 g/mol. The van der Waals surface area contributed by atoms with Crippen LogP contribution >= 0.6 is 23.2 Å². The summed E-state index contributed by atoms with van der Waals surface area (Å²) in [5.41, 5.74) is 0.892. The minimum Gasteiger partial charge on any atom is -0.479 e. The minimum atomic E-state index is -1.62. The fraction of sp³-hybridized carbons (Fsp3) is 0.462. The summed E-state index contributed by atoms with van der Waals surface area (Å²) < 4.78 is 0. The quantitative estimate of drug-likeness (QED) is 0.468. The highest BCUT2D eigenvalue weighted by Gasteiger charge is 2.52. The Hall–Kier alpha value is -2.08. The predicted octanol–water partition coefficient (Wildman–Crippen LogP) is 6.08. The second kappa shape index (κ2) is 10.5. The van der Waals surface area contributed by atoms with Crippen molar-refractivity contribution in [1.29, 1.82) is 0 Å². The van der Waals surface area contributed by atoms with Gasteiger partial charge in [0, 0.05) is 22.0 Å². The summed E-state index contributed by atoms with van der Waals surface area (Å²) in [7, 11) is 0. The highest BCUT2D eigenvalue weighted by Crippen LogP contribution is 2.52. The third-order valence-corrected chi connectivity index (χ3v) is 7.34. The molecule has 0 bridgehead atoms. The molecule has 2 aromatic rings. The highest BCUT2D eigenvalue weighted by atomic mass is 35.5. The van der Waals surface area contributed by atoms with E-state index in [4.69, 9.17) is 23.2 Å². The number of likely N-dealkylation sites (tertiary alicyclic amines) is 1. The van der Waals surface area contributed by atoms with Crippen LogP contribution in [0.1, 0.15) is 69.5 Å². The predicted molar refractivity (Wildman–Crippen MR) is 131 cm³/mol. The number of aliphatic carboxylic acids is 1. The van der Waals surface area contributed by atoms with Gasteiger partial charge in [0.15, 0.2) is 6.10 Å². The Bertz CT molecular complexity index is 992. The van der Waals surface area contributed by atoms with E-state index >= 15 is 0 Å². The fourth-order valence-corrected chi connectivity index (χ4v) is 5.49. The average Bonchev–Trinajstić information content (AvgIpc) is 2.78. The van der Waals surface area contributed by atoms with Crippen LogP contribution in [0.3, 0.4) is 0 Å². The summed E-state index contributed by atoms with van der Waals surface area (Å²) in [6.07, 6.45) is 0.135. The van der Waals surface area contributed by atoms with Crippen LogP contribution in [0.2, 0.25) is 10.0 Å². The first-order chi connectivity index (χ1) is 15.6. The molecule has 33 heavy (non-hydrogen) atoms. The van der Waals surface area contributed by atoms with Crippen molar-refractivity contribution in [2.75, 3.05) is 0 Å². The zero-order valence-corrected chi connectivity index (χ0v) is 20.7. The molecule has 1 fully saturated rings. The van der Waals surface area contributed by atoms with E-state index in [1.54, 1.807) is 6.92 Å². The third-order valence-electron chi connectivity index (χ3n) is 6.86. The number of halogens is 2. The maximum Gasteiger partial charge on any atom is 0.332 e. The summed E-state index contributed by atoms with van der Waals surface area (Å²) in [5.74, 6) is -1.60. The first-order valence-electron chi connectivity index (χ1n) is 11.4. The molecule has 0 radical (unpaired) electrons. The summed E-state index contributed by atoms with van der Waals surface area (Å²) in [4.78, 5) is 27.4. The molecule has 0 spiro atoms. The number of carbonyl (C=O) groups excluding carboxylic acids is 1. The lowest BCUT2D eigenvalue weighted by Crippen LogP contribution is -2.56. The Morgan fingerprint density at radius 3 is 2.27 bits per heavy atom. The first-order valence-corrected chi connectivity index (χ1v) is 12.1. The number of hydrogen-bond acceptors (Lipinski definition) is 3. The average molecular weight is 492 g/mol. The van der Waals surface area contributed by atoms with Gasteiger partial charge in [0.1, 0.15) is 0 Å². The Morgan fingerprint density at radius 2 is 1.73 bits per heavy atom. The van der Waals surface area contributed by atoms with Crippen molar-refractivity contribution >= 4 is 35.1 Å². The van der Waals surface area contributed by atoms with Crippen LogP contribution in [0.5, 0.6) is 0 Å². The molecule has 2 aromatic carbocycles. The molecule has 0 saturated carbocycles. The molecule has 3 rings (SSSR count). The van der Waals surface area contributed by atoms with E-state index in [-0.39, 0.29) is 30.3 Å². The van der Waals surface area contributed by atoms with Gasteiger partial charge >= 0.3 is 5.97 Å². The Balaban J connectivity index is 2.20. The van der Waals surface area contributed by atoms with E-state index in [0.717, 1.165) is 24.0 Å². The van der Waals surface area contributed by atoms with Crippen LogP contribution in [-0.2, 0) is 9.59 Å². The molecule has 178 valence electrons. The van der Waals surface area contributed by atoms with E-state index in [2.05, 4.69) is 0 Å². The molecule has 5 nitrogen and oxygen atoms in total. The van der Waals surface area contributed by atoms with E-state index in [9.17, 15) is 19.8 Å². The smallest absolute Gasteiger partial charge is 0.332 e. The molecule has 4 atom stereocenters. The van der Waals surface area contributed by atoms with Crippen LogP contribution in [0.15, 0.2) is 48.5 Å². The van der Waals surface area contributed by atoms with Crippen molar-refractivity contribution in [1.82, 2.24) is 4.90 Å². The number of benzene rings is 2. The third kappa shape index (κ3) is 5.37. The van der Waals surface area contributed by atoms with Crippen LogP contribution in [0, 0.1) is 5.41 Å². The van der Waals surface area contributed by atoms with Gasteiger partial charge in [-0.1, -0.05) is 68.2 Å². The lowest BCUT2D eigenvalue weighted by molar-refractivity contribution is -0.161. The standard InChI is InChI=1S/C26H31Cl2NO4/c1-4-20(5-2)29-23(16-9-11-18(27)12-10-16)21(17-7-6-8-19(28)13-17)14-26(3,25(29)33)15-22(30)24(31)32/h6-13,20-23,30H,4-5,14-15H2,1-3H3,(H,31,32)/t21-,22?,23?,26-/m1/s1. The number of hydrogen-bond donors (Lipinski definition) is 2. The molecule has 7 heteroatoms. The van der Waals surface area contributed by atoms with Gasteiger partial charge in [-0.2, -0.15) is 0 Å². The van der Waals surface area contributed by atoms with Crippen molar-refractivity contribution in [3.8, 4) is 0 Å². The largest absolute Gasteiger partial charge is 0.479 e. The van der Waals surface area contributed by atoms with Gasteiger partial charge in [-0.3, -0.25) is 4.79 Å². The molecular formula is C26H31Cl2NO4. The van der Waals surface area contributed by atoms with E-state index in [1.807, 2.05) is 67.3 Å². The maximum absolute atomic E-state index is 14.0. The monoisotopic (exact) mass is 491 g/mol. The zero-order valence-electron chi connectivity index (χ0n) is 19.2. The van der Waals surface area contributed by atoms with Crippen LogP contribution < -0.4 is 0 Å². The molecule has 0 aromatic heterocycles. The first kappa shape index (κ1) is 25.5. The second-order valence-corrected chi connectivity index (χ2v) is 10.0. The number of carboxylic acids is 1. The van der Waals surface area contributed by atoms with Crippen molar-refractivity contribution in [2.24, 2.45) is 5.41 Å². The molecule has 1 amide bonds.